The number of esters is 1. The van der Waals surface area contributed by atoms with E-state index in [0.29, 0.717) is 0 Å². The quantitative estimate of drug-likeness (QED) is 0.210. The third-order valence-corrected chi connectivity index (χ3v) is 3.82. The highest BCUT2D eigenvalue weighted by Crippen LogP contribution is 2.28. The number of pyridine rings is 1. The van der Waals surface area contributed by atoms with Crippen molar-refractivity contribution in [1.82, 2.24) is 10.3 Å². The first kappa shape index (κ1) is 17.7. The maximum Gasteiger partial charge on any atom is 0.343 e. The van der Waals surface area contributed by atoms with Gasteiger partial charge in [0, 0.05) is 17.8 Å². The highest BCUT2D eigenvalue weighted by molar-refractivity contribution is 6.37. The van der Waals surface area contributed by atoms with Gasteiger partial charge in [0.1, 0.15) is 10.7 Å². The van der Waals surface area contributed by atoms with E-state index in [9.17, 15) is 14.0 Å². The molecule has 0 amide bonds. The Morgan fingerprint density at radius 1 is 1.39 bits per heavy atom. The number of halogens is 3. The summed E-state index contributed by atoms with van der Waals surface area (Å²) in [4.78, 5) is 28.3. The molecular formula is C15H15Cl2FN2O3. The molecule has 1 aliphatic rings. The summed E-state index contributed by atoms with van der Waals surface area (Å²) in [7, 11) is 0. The van der Waals surface area contributed by atoms with Gasteiger partial charge in [-0.25, -0.2) is 14.2 Å². The normalized spacial score (nSPS) is 14.6. The van der Waals surface area contributed by atoms with E-state index in [0.717, 1.165) is 12.8 Å². The number of Topliss-reactive ketones (excluding diaryl/α,β-unsaturated/α-hetero) is 1. The summed E-state index contributed by atoms with van der Waals surface area (Å²) in [6.45, 7) is 3.07. The Bertz CT molecular complexity index is 688. The van der Waals surface area contributed by atoms with Gasteiger partial charge in [0.05, 0.1) is 12.2 Å². The predicted molar refractivity (Wildman–Crippen MR) is 84.2 cm³/mol. The van der Waals surface area contributed by atoms with Gasteiger partial charge in [-0.1, -0.05) is 23.2 Å². The largest absolute Gasteiger partial charge is 0.462 e. The second kappa shape index (κ2) is 7.27. The van der Waals surface area contributed by atoms with E-state index >= 15 is 0 Å². The van der Waals surface area contributed by atoms with Gasteiger partial charge in [-0.2, -0.15) is 0 Å². The van der Waals surface area contributed by atoms with E-state index in [-0.39, 0.29) is 34.5 Å². The average molecular weight is 361 g/mol. The van der Waals surface area contributed by atoms with Crippen LogP contribution in [-0.2, 0) is 9.53 Å². The van der Waals surface area contributed by atoms with Crippen molar-refractivity contribution in [2.45, 2.75) is 32.7 Å². The molecule has 0 unspecified atom stereocenters. The highest BCUT2D eigenvalue weighted by Gasteiger charge is 2.29. The van der Waals surface area contributed by atoms with Crippen LogP contribution in [0, 0.1) is 12.7 Å². The second-order valence-corrected chi connectivity index (χ2v) is 5.77. The summed E-state index contributed by atoms with van der Waals surface area (Å²) in [6.07, 6.45) is 3.20. The van der Waals surface area contributed by atoms with Gasteiger partial charge >= 0.3 is 5.97 Å². The molecule has 0 aromatic carbocycles. The number of aromatic nitrogens is 1. The van der Waals surface area contributed by atoms with Crippen molar-refractivity contribution >= 4 is 35.0 Å². The lowest BCUT2D eigenvalue weighted by Crippen LogP contribution is -2.22. The van der Waals surface area contributed by atoms with E-state index in [1.165, 1.54) is 13.1 Å². The Kier molecular flexibility index (Phi) is 5.59. The summed E-state index contributed by atoms with van der Waals surface area (Å²) >= 11 is 11.5. The van der Waals surface area contributed by atoms with E-state index in [1.807, 2.05) is 0 Å². The van der Waals surface area contributed by atoms with Crippen molar-refractivity contribution in [3.63, 3.8) is 0 Å². The fraction of sp³-hybridized carbons (Fsp3) is 0.400. The Morgan fingerprint density at radius 3 is 2.61 bits per heavy atom. The molecule has 0 aliphatic heterocycles. The van der Waals surface area contributed by atoms with Crippen LogP contribution in [0.15, 0.2) is 11.8 Å². The maximum absolute atomic E-state index is 13.9. The number of hydrogen-bond donors (Lipinski definition) is 1. The van der Waals surface area contributed by atoms with E-state index in [2.05, 4.69) is 10.3 Å². The van der Waals surface area contributed by atoms with Gasteiger partial charge in [0.2, 0.25) is 5.78 Å². The minimum absolute atomic E-state index is 0.0679. The van der Waals surface area contributed by atoms with Gasteiger partial charge in [0.25, 0.3) is 0 Å². The second-order valence-electron chi connectivity index (χ2n) is 5.06. The summed E-state index contributed by atoms with van der Waals surface area (Å²) in [5.41, 5.74) is -0.528. The predicted octanol–water partition coefficient (Wildman–Crippen LogP) is 3.22. The first-order chi connectivity index (χ1) is 10.9. The van der Waals surface area contributed by atoms with Crippen LogP contribution in [0.1, 0.15) is 35.7 Å². The molecule has 1 aromatic rings. The van der Waals surface area contributed by atoms with Gasteiger partial charge in [-0.05, 0) is 26.7 Å². The third-order valence-electron chi connectivity index (χ3n) is 3.30. The highest BCUT2D eigenvalue weighted by atomic mass is 35.5. The zero-order chi connectivity index (χ0) is 17.1. The molecule has 0 bridgehead atoms. The topological polar surface area (TPSA) is 68.3 Å². The molecule has 124 valence electrons. The van der Waals surface area contributed by atoms with E-state index in [1.54, 1.807) is 6.92 Å². The van der Waals surface area contributed by atoms with E-state index in [4.69, 9.17) is 27.9 Å². The summed E-state index contributed by atoms with van der Waals surface area (Å²) in [5, 5.41) is 2.25. The van der Waals surface area contributed by atoms with Crippen molar-refractivity contribution in [1.29, 1.82) is 0 Å². The van der Waals surface area contributed by atoms with Gasteiger partial charge < -0.3 is 10.1 Å². The van der Waals surface area contributed by atoms with Crippen molar-refractivity contribution in [3.05, 3.63) is 39.0 Å². The number of ether oxygens (including phenoxy) is 1. The van der Waals surface area contributed by atoms with Gasteiger partial charge in [-0.3, -0.25) is 4.79 Å². The van der Waals surface area contributed by atoms with Gasteiger partial charge in [-0.15, -0.1) is 0 Å². The fourth-order valence-corrected chi connectivity index (χ4v) is 2.47. The Balaban J connectivity index is 2.42. The minimum atomic E-state index is -0.849. The van der Waals surface area contributed by atoms with Crippen LogP contribution >= 0.6 is 23.2 Å². The molecule has 5 nitrogen and oxygen atoms in total. The van der Waals surface area contributed by atoms with E-state index < -0.39 is 22.7 Å². The van der Waals surface area contributed by atoms with Crippen LogP contribution in [0.2, 0.25) is 10.3 Å². The van der Waals surface area contributed by atoms with Crippen molar-refractivity contribution in [2.24, 2.45) is 0 Å². The lowest BCUT2D eigenvalue weighted by atomic mass is 10.0. The molecule has 1 N–H and O–H groups in total. The number of rotatable bonds is 6. The van der Waals surface area contributed by atoms with Crippen LogP contribution in [0.4, 0.5) is 4.39 Å². The van der Waals surface area contributed by atoms with Crippen molar-refractivity contribution in [2.75, 3.05) is 6.61 Å². The van der Waals surface area contributed by atoms with Crippen LogP contribution < -0.4 is 5.32 Å². The SMILES string of the molecule is CCOC(=O)C(=CNC1CC1)C(=O)c1c(Cl)nc(Cl)c(F)c1C. The molecular weight excluding hydrogens is 346 g/mol. The number of carbonyl (C=O) groups is 2. The lowest BCUT2D eigenvalue weighted by molar-refractivity contribution is -0.138. The number of carbonyl (C=O) groups excluding carboxylic acids is 2. The van der Waals surface area contributed by atoms with Crippen LogP contribution in [0.5, 0.6) is 0 Å². The standard InChI is InChI=1S/C15H15Cl2FN2O3/c1-3-23-15(22)9(6-19-8-4-5-8)12(21)10-7(2)11(18)14(17)20-13(10)16/h6,8,19H,3-5H2,1-2H3. The Labute approximate surface area is 142 Å². The summed E-state index contributed by atoms with van der Waals surface area (Å²) < 4.78 is 18.8. The molecule has 0 spiro atoms. The molecule has 8 heteroatoms. The number of nitrogens with one attached hydrogen (secondary N) is 1. The third kappa shape index (κ3) is 4.00. The van der Waals surface area contributed by atoms with Crippen LogP contribution in [0.3, 0.4) is 0 Å². The van der Waals surface area contributed by atoms with Crippen LogP contribution in [-0.4, -0.2) is 29.4 Å². The molecule has 23 heavy (non-hydrogen) atoms. The molecule has 1 aliphatic carbocycles. The fourth-order valence-electron chi connectivity index (χ4n) is 1.89. The average Bonchev–Trinajstić information content (AvgIpc) is 3.29. The molecule has 2 rings (SSSR count). The maximum atomic E-state index is 13.9. The molecule has 0 atom stereocenters. The monoisotopic (exact) mass is 360 g/mol. The number of ketones is 1. The molecule has 1 heterocycles. The molecule has 1 saturated carbocycles. The number of nitrogens with zero attached hydrogens (tertiary/aromatic N) is 1. The zero-order valence-corrected chi connectivity index (χ0v) is 14.1. The lowest BCUT2D eigenvalue weighted by Gasteiger charge is -2.11. The molecule has 0 radical (unpaired) electrons. The van der Waals surface area contributed by atoms with Crippen molar-refractivity contribution < 1.29 is 18.7 Å². The van der Waals surface area contributed by atoms with Crippen LogP contribution in [0.25, 0.3) is 0 Å². The number of hydrogen-bond acceptors (Lipinski definition) is 5. The molecule has 1 aromatic heterocycles. The smallest absolute Gasteiger partial charge is 0.343 e. The molecule has 1 fully saturated rings. The first-order valence-electron chi connectivity index (χ1n) is 7.05. The Morgan fingerprint density at radius 2 is 2.04 bits per heavy atom. The first-order valence-corrected chi connectivity index (χ1v) is 7.81. The zero-order valence-electron chi connectivity index (χ0n) is 12.6. The summed E-state index contributed by atoms with van der Waals surface area (Å²) in [5.74, 6) is -2.42. The summed E-state index contributed by atoms with van der Waals surface area (Å²) in [6, 6.07) is 0.226. The Hall–Kier alpha value is -1.66. The van der Waals surface area contributed by atoms with Gasteiger partial charge in [0.15, 0.2) is 11.0 Å². The minimum Gasteiger partial charge on any atom is -0.462 e. The molecule has 0 saturated heterocycles. The van der Waals surface area contributed by atoms with Crippen molar-refractivity contribution in [3.8, 4) is 0 Å².